The number of nitrogens with zero attached hydrogens (tertiary/aromatic N) is 6. The highest BCUT2D eigenvalue weighted by molar-refractivity contribution is 5.81. The molecule has 0 radical (unpaired) electrons. The third kappa shape index (κ3) is 3.95. The lowest BCUT2D eigenvalue weighted by Crippen LogP contribution is -2.52. The predicted octanol–water partition coefficient (Wildman–Crippen LogP) is 1.78. The van der Waals surface area contributed by atoms with Gasteiger partial charge < -0.3 is 14.5 Å². The minimum absolute atomic E-state index is 0.00335. The summed E-state index contributed by atoms with van der Waals surface area (Å²) in [5.74, 6) is 2.18. The number of rotatable bonds is 5. The second kappa shape index (κ2) is 8.08. The summed E-state index contributed by atoms with van der Waals surface area (Å²) in [6.07, 6.45) is 3.02. The molecule has 0 saturated carbocycles. The lowest BCUT2D eigenvalue weighted by molar-refractivity contribution is -0.138. The van der Waals surface area contributed by atoms with Gasteiger partial charge in [-0.05, 0) is 37.3 Å². The number of carbonyl (C=O) groups excluding carboxylic acids is 1. The van der Waals surface area contributed by atoms with Crippen LogP contribution in [-0.2, 0) is 4.79 Å². The van der Waals surface area contributed by atoms with Crippen molar-refractivity contribution in [2.75, 3.05) is 31.1 Å². The van der Waals surface area contributed by atoms with E-state index in [0.717, 1.165) is 5.82 Å². The fourth-order valence-corrected chi connectivity index (χ4v) is 3.18. The van der Waals surface area contributed by atoms with Gasteiger partial charge in [0.15, 0.2) is 17.7 Å². The molecule has 1 unspecified atom stereocenters. The Morgan fingerprint density at radius 1 is 0.964 bits per heavy atom. The fourth-order valence-electron chi connectivity index (χ4n) is 3.18. The first-order valence-corrected chi connectivity index (χ1v) is 9.30. The van der Waals surface area contributed by atoms with Crippen LogP contribution in [0.4, 0.5) is 5.82 Å². The topological polar surface area (TPSA) is 76.4 Å². The maximum absolute atomic E-state index is 12.7. The highest BCUT2D eigenvalue weighted by atomic mass is 16.5. The lowest BCUT2D eigenvalue weighted by Gasteiger charge is -2.36. The van der Waals surface area contributed by atoms with Crippen LogP contribution in [0.2, 0.25) is 0 Å². The van der Waals surface area contributed by atoms with Gasteiger partial charge in [0.05, 0.1) is 0 Å². The van der Waals surface area contributed by atoms with E-state index in [-0.39, 0.29) is 5.91 Å². The molecule has 144 valence electrons. The van der Waals surface area contributed by atoms with Gasteiger partial charge in [0.1, 0.15) is 5.75 Å². The first-order valence-electron chi connectivity index (χ1n) is 9.30. The van der Waals surface area contributed by atoms with Crippen molar-refractivity contribution in [1.29, 1.82) is 0 Å². The molecule has 0 bridgehead atoms. The molecule has 1 atom stereocenters. The molecule has 3 heterocycles. The largest absolute Gasteiger partial charge is 0.481 e. The van der Waals surface area contributed by atoms with Crippen molar-refractivity contribution < 1.29 is 9.53 Å². The minimum atomic E-state index is -0.512. The van der Waals surface area contributed by atoms with Gasteiger partial charge in [-0.15, -0.1) is 10.2 Å². The molecule has 1 amide bonds. The molecule has 4 rings (SSSR count). The highest BCUT2D eigenvalue weighted by Gasteiger charge is 2.26. The van der Waals surface area contributed by atoms with E-state index in [4.69, 9.17) is 4.74 Å². The molecule has 8 heteroatoms. The van der Waals surface area contributed by atoms with E-state index in [1.54, 1.807) is 17.8 Å². The molecule has 0 aliphatic carbocycles. The Kier molecular flexibility index (Phi) is 5.18. The number of benzene rings is 1. The average molecular weight is 378 g/mol. The summed E-state index contributed by atoms with van der Waals surface area (Å²) in [7, 11) is 0. The average Bonchev–Trinajstić information content (AvgIpc) is 3.29. The second-order valence-corrected chi connectivity index (χ2v) is 6.59. The normalized spacial score (nSPS) is 15.3. The van der Waals surface area contributed by atoms with Crippen molar-refractivity contribution in [3.05, 3.63) is 60.9 Å². The Morgan fingerprint density at radius 3 is 2.32 bits per heavy atom. The third-order valence-corrected chi connectivity index (χ3v) is 4.69. The van der Waals surface area contributed by atoms with Gasteiger partial charge >= 0.3 is 0 Å². The standard InChI is InChI=1S/C20H22N6O2/c1-16(28-17-6-3-2-4-7-17)20(27)25-14-12-24(13-15-25)18-8-9-19(23-22-18)26-11-5-10-21-26/h2-11,16H,12-15H2,1H3. The molecule has 0 spiro atoms. The second-order valence-electron chi connectivity index (χ2n) is 6.59. The van der Waals surface area contributed by atoms with Gasteiger partial charge in [0.2, 0.25) is 0 Å². The number of amides is 1. The number of ether oxygens (including phenoxy) is 1. The molecule has 2 aromatic heterocycles. The zero-order valence-electron chi connectivity index (χ0n) is 15.7. The van der Waals surface area contributed by atoms with E-state index in [0.29, 0.717) is 37.7 Å². The molecule has 1 fully saturated rings. The number of anilines is 1. The Labute approximate surface area is 163 Å². The molecule has 0 N–H and O–H groups in total. The van der Waals surface area contributed by atoms with E-state index in [1.807, 2.05) is 59.6 Å². The van der Waals surface area contributed by atoms with Crippen molar-refractivity contribution in [3.63, 3.8) is 0 Å². The molecular formula is C20H22N6O2. The summed E-state index contributed by atoms with van der Waals surface area (Å²) >= 11 is 0. The van der Waals surface area contributed by atoms with Crippen LogP contribution >= 0.6 is 0 Å². The van der Waals surface area contributed by atoms with Crippen LogP contribution in [-0.4, -0.2) is 63.1 Å². The molecule has 8 nitrogen and oxygen atoms in total. The van der Waals surface area contributed by atoms with Gasteiger partial charge in [-0.3, -0.25) is 4.79 Å². The smallest absolute Gasteiger partial charge is 0.263 e. The Balaban J connectivity index is 1.32. The molecule has 1 aromatic carbocycles. The van der Waals surface area contributed by atoms with Crippen LogP contribution < -0.4 is 9.64 Å². The van der Waals surface area contributed by atoms with Gasteiger partial charge in [-0.1, -0.05) is 18.2 Å². The van der Waals surface area contributed by atoms with Crippen LogP contribution in [0, 0.1) is 0 Å². The predicted molar refractivity (Wildman–Crippen MR) is 104 cm³/mol. The number of hydrogen-bond acceptors (Lipinski definition) is 6. The van der Waals surface area contributed by atoms with Gasteiger partial charge in [-0.2, -0.15) is 5.10 Å². The van der Waals surface area contributed by atoms with Crippen molar-refractivity contribution in [2.24, 2.45) is 0 Å². The highest BCUT2D eigenvalue weighted by Crippen LogP contribution is 2.16. The summed E-state index contributed by atoms with van der Waals surface area (Å²) in [5, 5.41) is 12.7. The van der Waals surface area contributed by atoms with E-state index >= 15 is 0 Å². The van der Waals surface area contributed by atoms with Gasteiger partial charge in [0.25, 0.3) is 5.91 Å². The van der Waals surface area contributed by atoms with Gasteiger partial charge in [-0.25, -0.2) is 4.68 Å². The van der Waals surface area contributed by atoms with Crippen molar-refractivity contribution >= 4 is 11.7 Å². The van der Waals surface area contributed by atoms with Crippen LogP contribution in [0.3, 0.4) is 0 Å². The molecule has 1 aliphatic heterocycles. The zero-order chi connectivity index (χ0) is 19.3. The summed E-state index contributed by atoms with van der Waals surface area (Å²) < 4.78 is 7.42. The van der Waals surface area contributed by atoms with Crippen molar-refractivity contribution in [3.8, 4) is 11.6 Å². The summed E-state index contributed by atoms with van der Waals surface area (Å²) in [4.78, 5) is 16.6. The number of piperazine rings is 1. The number of para-hydroxylation sites is 1. The molecule has 28 heavy (non-hydrogen) atoms. The first kappa shape index (κ1) is 18.0. The zero-order valence-corrected chi connectivity index (χ0v) is 15.7. The Hall–Kier alpha value is -3.42. The Bertz CT molecular complexity index is 890. The molecule has 1 aliphatic rings. The van der Waals surface area contributed by atoms with Crippen molar-refractivity contribution in [1.82, 2.24) is 24.9 Å². The first-order chi connectivity index (χ1) is 13.7. The van der Waals surface area contributed by atoms with E-state index in [1.165, 1.54) is 0 Å². The molecule has 1 saturated heterocycles. The van der Waals surface area contributed by atoms with Crippen LogP contribution in [0.1, 0.15) is 6.92 Å². The van der Waals surface area contributed by atoms with E-state index in [2.05, 4.69) is 20.2 Å². The third-order valence-electron chi connectivity index (χ3n) is 4.69. The maximum Gasteiger partial charge on any atom is 0.263 e. The molecule has 3 aromatic rings. The number of hydrogen-bond donors (Lipinski definition) is 0. The van der Waals surface area contributed by atoms with Crippen LogP contribution in [0.5, 0.6) is 5.75 Å². The monoisotopic (exact) mass is 378 g/mol. The Morgan fingerprint density at radius 2 is 1.68 bits per heavy atom. The summed E-state index contributed by atoms with van der Waals surface area (Å²) in [5.41, 5.74) is 0. The summed E-state index contributed by atoms with van der Waals surface area (Å²) in [6, 6.07) is 15.1. The SMILES string of the molecule is CC(Oc1ccccc1)C(=O)N1CCN(c2ccc(-n3cccn3)nn2)CC1. The molecular weight excluding hydrogens is 356 g/mol. The number of carbonyl (C=O) groups is 1. The number of aromatic nitrogens is 4. The van der Waals surface area contributed by atoms with E-state index in [9.17, 15) is 4.79 Å². The summed E-state index contributed by atoms with van der Waals surface area (Å²) in [6.45, 7) is 4.47. The van der Waals surface area contributed by atoms with Crippen molar-refractivity contribution in [2.45, 2.75) is 13.0 Å². The van der Waals surface area contributed by atoms with Crippen LogP contribution in [0.15, 0.2) is 60.9 Å². The van der Waals surface area contributed by atoms with Crippen LogP contribution in [0.25, 0.3) is 5.82 Å². The van der Waals surface area contributed by atoms with E-state index < -0.39 is 6.10 Å². The van der Waals surface area contributed by atoms with Gasteiger partial charge in [0, 0.05) is 38.6 Å². The minimum Gasteiger partial charge on any atom is -0.481 e. The maximum atomic E-state index is 12.7. The fraction of sp³-hybridized carbons (Fsp3) is 0.300. The quantitative estimate of drug-likeness (QED) is 0.674. The lowest BCUT2D eigenvalue weighted by atomic mass is 10.2.